The minimum Gasteiger partial charge on any atom is -0.350 e. The zero-order valence-corrected chi connectivity index (χ0v) is 8.51. The lowest BCUT2D eigenvalue weighted by molar-refractivity contribution is -0.385. The molecule has 0 atom stereocenters. The maximum Gasteiger partial charge on any atom is 0.332 e. The number of benzene rings is 1. The van der Waals surface area contributed by atoms with E-state index in [0.717, 1.165) is 0 Å². The topological polar surface area (TPSA) is 111 Å². The molecule has 0 bridgehead atoms. The van der Waals surface area contributed by atoms with Crippen LogP contribution >= 0.6 is 0 Å². The number of carbonyl (C=O) groups excluding carboxylic acids is 1. The highest BCUT2D eigenvalue weighted by molar-refractivity contribution is 5.87. The van der Waals surface area contributed by atoms with E-state index in [9.17, 15) is 14.9 Å². The van der Waals surface area contributed by atoms with Gasteiger partial charge < -0.3 is 5.73 Å². The summed E-state index contributed by atoms with van der Waals surface area (Å²) in [5.74, 6) is 0. The van der Waals surface area contributed by atoms with Crippen LogP contribution in [0, 0.1) is 17.0 Å². The van der Waals surface area contributed by atoms with E-state index in [1.165, 1.54) is 12.3 Å². The number of hydrogen-bond acceptors (Lipinski definition) is 4. The van der Waals surface area contributed by atoms with Crippen LogP contribution in [0.25, 0.3) is 0 Å². The molecule has 0 unspecified atom stereocenters. The lowest BCUT2D eigenvalue weighted by Crippen LogP contribution is -2.24. The van der Waals surface area contributed by atoms with Gasteiger partial charge in [-0.15, -0.1) is 0 Å². The molecule has 1 aromatic rings. The number of nitrogens with zero attached hydrogens (tertiary/aromatic N) is 2. The number of para-hydroxylation sites is 1. The van der Waals surface area contributed by atoms with Crippen LogP contribution in [0.4, 0.5) is 10.5 Å². The number of nitrogens with one attached hydrogen (secondary N) is 1. The number of nitro groups is 1. The van der Waals surface area contributed by atoms with Gasteiger partial charge in [-0.2, -0.15) is 5.10 Å². The Kier molecular flexibility index (Phi) is 3.54. The maximum absolute atomic E-state index is 10.8. The molecule has 0 spiro atoms. The van der Waals surface area contributed by atoms with Crippen molar-refractivity contribution in [2.24, 2.45) is 10.8 Å². The number of carbonyl (C=O) groups is 1. The number of nitrogens with two attached hydrogens (primary N) is 1. The summed E-state index contributed by atoms with van der Waals surface area (Å²) >= 11 is 0. The molecule has 1 aromatic carbocycles. The van der Waals surface area contributed by atoms with Gasteiger partial charge in [0.2, 0.25) is 0 Å². The van der Waals surface area contributed by atoms with E-state index in [0.29, 0.717) is 11.1 Å². The Morgan fingerprint density at radius 3 is 2.88 bits per heavy atom. The van der Waals surface area contributed by atoms with E-state index in [2.05, 4.69) is 5.10 Å². The van der Waals surface area contributed by atoms with Gasteiger partial charge in [0.1, 0.15) is 0 Å². The molecule has 3 N–H and O–H groups in total. The van der Waals surface area contributed by atoms with Gasteiger partial charge in [-0.1, -0.05) is 12.1 Å². The fourth-order valence-corrected chi connectivity index (χ4v) is 1.20. The molecule has 2 amide bonds. The normalized spacial score (nSPS) is 10.3. The van der Waals surface area contributed by atoms with E-state index in [4.69, 9.17) is 5.73 Å². The number of aryl methyl sites for hydroxylation is 1. The summed E-state index contributed by atoms with van der Waals surface area (Å²) in [6, 6.07) is 3.98. The van der Waals surface area contributed by atoms with Gasteiger partial charge in [0.15, 0.2) is 0 Å². The first-order valence-electron chi connectivity index (χ1n) is 4.35. The van der Waals surface area contributed by atoms with Crippen molar-refractivity contribution in [3.63, 3.8) is 0 Å². The van der Waals surface area contributed by atoms with Crippen molar-refractivity contribution < 1.29 is 9.72 Å². The molecule has 84 valence electrons. The van der Waals surface area contributed by atoms with Crippen molar-refractivity contribution in [3.05, 3.63) is 39.4 Å². The zero-order chi connectivity index (χ0) is 12.1. The van der Waals surface area contributed by atoms with Crippen LogP contribution in [0.5, 0.6) is 0 Å². The molecular formula is C9H10N4O3. The SMILES string of the molecule is Cc1cccc(C=NNC(N)=O)c1[N+](=O)[O-]. The van der Waals surface area contributed by atoms with Gasteiger partial charge in [0.05, 0.1) is 16.7 Å². The Morgan fingerprint density at radius 1 is 1.62 bits per heavy atom. The number of hydrazone groups is 1. The second kappa shape index (κ2) is 4.87. The molecule has 0 aliphatic rings. The van der Waals surface area contributed by atoms with Crippen LogP contribution in [-0.2, 0) is 0 Å². The fourth-order valence-electron chi connectivity index (χ4n) is 1.20. The van der Waals surface area contributed by atoms with Gasteiger partial charge in [0, 0.05) is 5.56 Å². The van der Waals surface area contributed by atoms with Crippen molar-refractivity contribution in [3.8, 4) is 0 Å². The monoisotopic (exact) mass is 222 g/mol. The Labute approximate surface area is 91.1 Å². The summed E-state index contributed by atoms with van der Waals surface area (Å²) in [6.45, 7) is 1.62. The first-order valence-corrected chi connectivity index (χ1v) is 4.35. The lowest BCUT2D eigenvalue weighted by atomic mass is 10.1. The van der Waals surface area contributed by atoms with Crippen LogP contribution in [-0.4, -0.2) is 17.2 Å². The first kappa shape index (κ1) is 11.6. The largest absolute Gasteiger partial charge is 0.350 e. The molecule has 0 saturated heterocycles. The summed E-state index contributed by atoms with van der Waals surface area (Å²) in [4.78, 5) is 20.6. The summed E-state index contributed by atoms with van der Waals surface area (Å²) in [5, 5.41) is 14.2. The van der Waals surface area contributed by atoms with Crippen molar-refractivity contribution in [1.29, 1.82) is 0 Å². The van der Waals surface area contributed by atoms with Crippen molar-refractivity contribution >= 4 is 17.9 Å². The maximum atomic E-state index is 10.8. The predicted octanol–water partition coefficient (Wildman–Crippen LogP) is 0.905. The number of hydrogen-bond donors (Lipinski definition) is 2. The predicted molar refractivity (Wildman–Crippen MR) is 58.1 cm³/mol. The van der Waals surface area contributed by atoms with Gasteiger partial charge in [-0.3, -0.25) is 10.1 Å². The van der Waals surface area contributed by atoms with E-state index in [-0.39, 0.29) is 5.69 Å². The Balaban J connectivity index is 3.04. The number of rotatable bonds is 3. The summed E-state index contributed by atoms with van der Waals surface area (Å²) in [6.07, 6.45) is 1.18. The van der Waals surface area contributed by atoms with Gasteiger partial charge in [0.25, 0.3) is 5.69 Å². The summed E-state index contributed by atoms with van der Waals surface area (Å²) in [5.41, 5.74) is 7.53. The third-order valence-corrected chi connectivity index (χ3v) is 1.83. The zero-order valence-electron chi connectivity index (χ0n) is 8.51. The molecule has 0 aliphatic carbocycles. The van der Waals surface area contributed by atoms with Crippen LogP contribution < -0.4 is 11.2 Å². The lowest BCUT2D eigenvalue weighted by Gasteiger charge is -2.00. The first-order chi connectivity index (χ1) is 7.52. The number of urea groups is 1. The number of primary amides is 1. The van der Waals surface area contributed by atoms with E-state index in [1.54, 1.807) is 19.1 Å². The molecule has 0 aliphatic heterocycles. The Morgan fingerprint density at radius 2 is 2.31 bits per heavy atom. The Hall–Kier alpha value is -2.44. The highest BCUT2D eigenvalue weighted by Gasteiger charge is 2.14. The van der Waals surface area contributed by atoms with Gasteiger partial charge in [-0.05, 0) is 13.0 Å². The van der Waals surface area contributed by atoms with Crippen molar-refractivity contribution in [2.75, 3.05) is 0 Å². The van der Waals surface area contributed by atoms with Crippen molar-refractivity contribution in [2.45, 2.75) is 6.92 Å². The van der Waals surface area contributed by atoms with Crippen LogP contribution in [0.3, 0.4) is 0 Å². The highest BCUT2D eigenvalue weighted by Crippen LogP contribution is 2.21. The molecule has 16 heavy (non-hydrogen) atoms. The molecule has 7 heteroatoms. The third kappa shape index (κ3) is 2.77. The van der Waals surface area contributed by atoms with E-state index >= 15 is 0 Å². The van der Waals surface area contributed by atoms with E-state index in [1.807, 2.05) is 5.43 Å². The van der Waals surface area contributed by atoms with Gasteiger partial charge in [-0.25, -0.2) is 10.2 Å². The molecular weight excluding hydrogens is 212 g/mol. The van der Waals surface area contributed by atoms with Gasteiger partial charge >= 0.3 is 6.03 Å². The standard InChI is InChI=1S/C9H10N4O3/c1-6-3-2-4-7(8(6)13(15)16)5-11-12-9(10)14/h2-5H,1H3,(H3,10,12,14). The average molecular weight is 222 g/mol. The number of nitro benzene ring substituents is 1. The van der Waals surface area contributed by atoms with Crippen LogP contribution in [0.15, 0.2) is 23.3 Å². The minimum atomic E-state index is -0.827. The molecule has 7 nitrogen and oxygen atoms in total. The molecule has 1 rings (SSSR count). The van der Waals surface area contributed by atoms with Crippen molar-refractivity contribution in [1.82, 2.24) is 5.43 Å². The summed E-state index contributed by atoms with van der Waals surface area (Å²) < 4.78 is 0. The number of amides is 2. The van der Waals surface area contributed by atoms with Crippen LogP contribution in [0.2, 0.25) is 0 Å². The molecule has 0 fully saturated rings. The minimum absolute atomic E-state index is 0.0440. The quantitative estimate of drug-likeness (QED) is 0.450. The molecule has 0 aromatic heterocycles. The second-order valence-electron chi connectivity index (χ2n) is 3.00. The average Bonchev–Trinajstić information content (AvgIpc) is 2.16. The smallest absolute Gasteiger partial charge is 0.332 e. The summed E-state index contributed by atoms with van der Waals surface area (Å²) in [7, 11) is 0. The molecule has 0 radical (unpaired) electrons. The third-order valence-electron chi connectivity index (χ3n) is 1.83. The van der Waals surface area contributed by atoms with Crippen LogP contribution in [0.1, 0.15) is 11.1 Å². The Bertz CT molecular complexity index is 456. The van der Waals surface area contributed by atoms with E-state index < -0.39 is 11.0 Å². The molecule has 0 heterocycles. The highest BCUT2D eigenvalue weighted by atomic mass is 16.6. The second-order valence-corrected chi connectivity index (χ2v) is 3.00. The fraction of sp³-hybridized carbons (Fsp3) is 0.111. The molecule has 0 saturated carbocycles.